The summed E-state index contributed by atoms with van der Waals surface area (Å²) in [6.45, 7) is 11.6. The highest BCUT2D eigenvalue weighted by Crippen LogP contribution is 2.18. The molecule has 1 atom stereocenters. The van der Waals surface area contributed by atoms with Gasteiger partial charge in [0.25, 0.3) is 0 Å². The lowest BCUT2D eigenvalue weighted by Crippen LogP contribution is -2.50. The number of likely N-dealkylation sites (tertiary alicyclic amines) is 1. The molecule has 0 saturated carbocycles. The fourth-order valence-corrected chi connectivity index (χ4v) is 4.31. The maximum absolute atomic E-state index is 4.38. The van der Waals surface area contributed by atoms with Crippen molar-refractivity contribution in [3.8, 4) is 0 Å². The van der Waals surface area contributed by atoms with Gasteiger partial charge in [0.05, 0.1) is 0 Å². The Balaban J connectivity index is 0.00000320. The topological polar surface area (TPSA) is 71.9 Å². The number of piperidine rings is 1. The van der Waals surface area contributed by atoms with Crippen LogP contribution in [0.3, 0.4) is 0 Å². The molecule has 30 heavy (non-hydrogen) atoms. The molecule has 170 valence electrons. The Kier molecular flexibility index (Phi) is 11.7. The van der Waals surface area contributed by atoms with Crippen molar-refractivity contribution in [3.63, 3.8) is 0 Å². The molecule has 2 aliphatic heterocycles. The summed E-state index contributed by atoms with van der Waals surface area (Å²) in [5.74, 6) is 1.75. The van der Waals surface area contributed by atoms with Gasteiger partial charge in [-0.2, -0.15) is 0 Å². The molecule has 0 radical (unpaired) electrons. The van der Waals surface area contributed by atoms with Gasteiger partial charge in [-0.25, -0.2) is 9.97 Å². The van der Waals surface area contributed by atoms with Crippen LogP contribution in [0.5, 0.6) is 0 Å². The van der Waals surface area contributed by atoms with Gasteiger partial charge in [0, 0.05) is 77.8 Å². The number of anilines is 1. The van der Waals surface area contributed by atoms with Gasteiger partial charge in [-0.1, -0.05) is 13.3 Å². The minimum absolute atomic E-state index is 0. The first-order valence-electron chi connectivity index (χ1n) is 11.2. The molecule has 8 nitrogen and oxygen atoms in total. The summed E-state index contributed by atoms with van der Waals surface area (Å²) in [6, 6.07) is 2.63. The van der Waals surface area contributed by atoms with Crippen LogP contribution in [-0.4, -0.2) is 97.7 Å². The molecule has 1 unspecified atom stereocenters. The number of aliphatic imine (C=N–C) groups is 1. The van der Waals surface area contributed by atoms with Crippen LogP contribution in [-0.2, 0) is 0 Å². The van der Waals surface area contributed by atoms with E-state index in [1.54, 1.807) is 0 Å². The molecular formula is C21H39IN8. The second-order valence-corrected chi connectivity index (χ2v) is 7.90. The molecule has 0 amide bonds. The molecule has 0 bridgehead atoms. The molecule has 1 aromatic heterocycles. The van der Waals surface area contributed by atoms with Crippen LogP contribution in [0, 0.1) is 0 Å². The van der Waals surface area contributed by atoms with E-state index in [-0.39, 0.29) is 24.0 Å². The third-order valence-corrected chi connectivity index (χ3v) is 6.06. The van der Waals surface area contributed by atoms with E-state index < -0.39 is 0 Å². The Labute approximate surface area is 198 Å². The maximum atomic E-state index is 4.38. The summed E-state index contributed by atoms with van der Waals surface area (Å²) in [4.78, 5) is 20.5. The standard InChI is InChI=1S/C21H38N8.HI/c1-3-19-7-4-5-12-28(19)14-11-24-20(22-2)23-10-13-27-15-17-29(18-16-27)21-25-8-6-9-26-21;/h6,8-9,19H,3-5,7,10-18H2,1-2H3,(H2,22,23,24);1H. The lowest BCUT2D eigenvalue weighted by atomic mass is 10.0. The number of hydrogen-bond donors (Lipinski definition) is 2. The average molecular weight is 531 g/mol. The van der Waals surface area contributed by atoms with Crippen molar-refractivity contribution in [3.05, 3.63) is 18.5 Å². The van der Waals surface area contributed by atoms with E-state index in [0.717, 1.165) is 70.3 Å². The van der Waals surface area contributed by atoms with Crippen molar-refractivity contribution in [2.45, 2.75) is 38.6 Å². The Morgan fingerprint density at radius 1 is 1.03 bits per heavy atom. The molecule has 2 aliphatic rings. The van der Waals surface area contributed by atoms with Gasteiger partial charge in [0.1, 0.15) is 0 Å². The molecule has 1 aromatic rings. The molecule has 3 rings (SSSR count). The predicted octanol–water partition coefficient (Wildman–Crippen LogP) is 1.65. The van der Waals surface area contributed by atoms with Crippen molar-refractivity contribution < 1.29 is 0 Å². The van der Waals surface area contributed by atoms with Gasteiger partial charge in [0.15, 0.2) is 5.96 Å². The largest absolute Gasteiger partial charge is 0.355 e. The Bertz CT molecular complexity index is 606. The molecule has 9 heteroatoms. The molecule has 0 aliphatic carbocycles. The first-order valence-corrected chi connectivity index (χ1v) is 11.2. The van der Waals surface area contributed by atoms with Crippen LogP contribution >= 0.6 is 24.0 Å². The molecule has 2 N–H and O–H groups in total. The van der Waals surface area contributed by atoms with Gasteiger partial charge in [-0.15, -0.1) is 24.0 Å². The molecule has 2 saturated heterocycles. The number of aromatic nitrogens is 2. The fraction of sp³-hybridized carbons (Fsp3) is 0.762. The number of halogens is 1. The number of piperazine rings is 1. The summed E-state index contributed by atoms with van der Waals surface area (Å²) in [5.41, 5.74) is 0. The molecular weight excluding hydrogens is 491 g/mol. The van der Waals surface area contributed by atoms with E-state index in [1.807, 2.05) is 25.5 Å². The van der Waals surface area contributed by atoms with Gasteiger partial charge >= 0.3 is 0 Å². The van der Waals surface area contributed by atoms with E-state index in [4.69, 9.17) is 0 Å². The zero-order chi connectivity index (χ0) is 20.3. The van der Waals surface area contributed by atoms with Crippen molar-refractivity contribution in [1.82, 2.24) is 30.4 Å². The van der Waals surface area contributed by atoms with Gasteiger partial charge in [-0.3, -0.25) is 14.8 Å². The number of hydrogen-bond acceptors (Lipinski definition) is 6. The summed E-state index contributed by atoms with van der Waals surface area (Å²) in [6.07, 6.45) is 8.96. The predicted molar refractivity (Wildman–Crippen MR) is 135 cm³/mol. The highest BCUT2D eigenvalue weighted by molar-refractivity contribution is 14.0. The van der Waals surface area contributed by atoms with Gasteiger partial charge in [-0.05, 0) is 31.9 Å². The van der Waals surface area contributed by atoms with E-state index >= 15 is 0 Å². The minimum Gasteiger partial charge on any atom is -0.355 e. The van der Waals surface area contributed by atoms with Gasteiger partial charge < -0.3 is 15.5 Å². The number of rotatable bonds is 8. The second-order valence-electron chi connectivity index (χ2n) is 7.90. The number of nitrogens with zero attached hydrogens (tertiary/aromatic N) is 6. The average Bonchev–Trinajstić information content (AvgIpc) is 2.79. The van der Waals surface area contributed by atoms with Crippen LogP contribution in [0.15, 0.2) is 23.5 Å². The van der Waals surface area contributed by atoms with Crippen molar-refractivity contribution in [2.24, 2.45) is 4.99 Å². The van der Waals surface area contributed by atoms with Crippen LogP contribution in [0.4, 0.5) is 5.95 Å². The smallest absolute Gasteiger partial charge is 0.225 e. The number of nitrogens with one attached hydrogen (secondary N) is 2. The SMILES string of the molecule is CCC1CCCCN1CCNC(=NC)NCCN1CCN(c2ncccn2)CC1.I. The Hall–Kier alpha value is -1.20. The molecule has 0 aromatic carbocycles. The maximum Gasteiger partial charge on any atom is 0.225 e. The Morgan fingerprint density at radius 2 is 1.73 bits per heavy atom. The minimum atomic E-state index is 0. The quantitative estimate of drug-likeness (QED) is 0.301. The third-order valence-electron chi connectivity index (χ3n) is 6.06. The summed E-state index contributed by atoms with van der Waals surface area (Å²) in [7, 11) is 1.85. The van der Waals surface area contributed by atoms with E-state index in [0.29, 0.717) is 0 Å². The van der Waals surface area contributed by atoms with Crippen molar-refractivity contribution >= 4 is 35.9 Å². The summed E-state index contributed by atoms with van der Waals surface area (Å²) < 4.78 is 0. The zero-order valence-corrected chi connectivity index (χ0v) is 20.9. The van der Waals surface area contributed by atoms with Crippen LogP contribution in [0.1, 0.15) is 32.6 Å². The first-order chi connectivity index (χ1) is 14.3. The van der Waals surface area contributed by atoms with Crippen molar-refractivity contribution in [2.75, 3.05) is 70.9 Å². The highest BCUT2D eigenvalue weighted by atomic mass is 127. The summed E-state index contributed by atoms with van der Waals surface area (Å²) >= 11 is 0. The third kappa shape index (κ3) is 7.81. The fourth-order valence-electron chi connectivity index (χ4n) is 4.31. The van der Waals surface area contributed by atoms with Crippen molar-refractivity contribution in [1.29, 1.82) is 0 Å². The lowest BCUT2D eigenvalue weighted by Gasteiger charge is -2.35. The molecule has 2 fully saturated rings. The van der Waals surface area contributed by atoms with E-state index in [9.17, 15) is 0 Å². The Morgan fingerprint density at radius 3 is 2.40 bits per heavy atom. The van der Waals surface area contributed by atoms with Crippen LogP contribution in [0.2, 0.25) is 0 Å². The first kappa shape index (κ1) is 25.1. The second kappa shape index (κ2) is 14.0. The van der Waals surface area contributed by atoms with Crippen LogP contribution < -0.4 is 15.5 Å². The highest BCUT2D eigenvalue weighted by Gasteiger charge is 2.20. The van der Waals surface area contributed by atoms with E-state index in [2.05, 4.69) is 47.2 Å². The normalized spacial score (nSPS) is 21.2. The number of guanidine groups is 1. The zero-order valence-electron chi connectivity index (χ0n) is 18.6. The summed E-state index contributed by atoms with van der Waals surface area (Å²) in [5, 5.41) is 6.94. The van der Waals surface area contributed by atoms with E-state index in [1.165, 1.54) is 32.2 Å². The molecule has 3 heterocycles. The monoisotopic (exact) mass is 530 g/mol. The lowest BCUT2D eigenvalue weighted by molar-refractivity contribution is 0.147. The van der Waals surface area contributed by atoms with Gasteiger partial charge in [0.2, 0.25) is 5.95 Å². The molecule has 0 spiro atoms. The van der Waals surface area contributed by atoms with Crippen LogP contribution in [0.25, 0.3) is 0 Å².